The predicted molar refractivity (Wildman–Crippen MR) is 95.8 cm³/mol. The van der Waals surface area contributed by atoms with E-state index >= 15 is 0 Å². The van der Waals surface area contributed by atoms with Gasteiger partial charge in [0, 0.05) is 46.8 Å². The third-order valence-corrected chi connectivity index (χ3v) is 7.34. The molecule has 7 heteroatoms. The summed E-state index contributed by atoms with van der Waals surface area (Å²) in [6.45, 7) is 0.916. The topological polar surface area (TPSA) is 71.5 Å². The third-order valence-electron chi connectivity index (χ3n) is 4.50. The monoisotopic (exact) mass is 373 g/mol. The van der Waals surface area contributed by atoms with Gasteiger partial charge in [0.05, 0.1) is 4.90 Å². The van der Waals surface area contributed by atoms with Gasteiger partial charge in [-0.05, 0) is 18.2 Å². The summed E-state index contributed by atoms with van der Waals surface area (Å²) < 4.78 is 27.1. The van der Waals surface area contributed by atoms with E-state index in [4.69, 9.17) is 0 Å². The van der Waals surface area contributed by atoms with Crippen LogP contribution in [0.3, 0.4) is 0 Å². The molecule has 128 valence electrons. The fourth-order valence-corrected chi connectivity index (χ4v) is 5.78. The molecule has 2 aliphatic rings. The molecule has 4 rings (SSSR count). The highest BCUT2D eigenvalue weighted by Gasteiger charge is 2.32. The lowest BCUT2D eigenvalue weighted by Crippen LogP contribution is -2.38. The molecule has 0 spiro atoms. The van der Waals surface area contributed by atoms with Crippen LogP contribution >= 0.6 is 11.8 Å². The second kappa shape index (κ2) is 6.09. The molecule has 0 bridgehead atoms. The third kappa shape index (κ3) is 2.63. The smallest absolute Gasteiger partial charge is 0.243 e. The number of thioether (sulfide) groups is 1. The Bertz CT molecular complexity index is 992. The van der Waals surface area contributed by atoms with Crippen molar-refractivity contribution in [2.45, 2.75) is 4.90 Å². The van der Waals surface area contributed by atoms with Crippen molar-refractivity contribution < 1.29 is 18.0 Å². The van der Waals surface area contributed by atoms with E-state index < -0.39 is 10.0 Å². The normalized spacial score (nSPS) is 17.9. The second-order valence-corrected chi connectivity index (χ2v) is 9.09. The van der Waals surface area contributed by atoms with Crippen LogP contribution in [0, 0.1) is 0 Å². The largest absolute Gasteiger partial charge is 0.289 e. The number of hydrogen-bond acceptors (Lipinski definition) is 5. The number of benzene rings is 2. The molecule has 1 aliphatic heterocycles. The van der Waals surface area contributed by atoms with E-state index in [1.54, 1.807) is 36.0 Å². The number of ketones is 2. The van der Waals surface area contributed by atoms with E-state index in [1.807, 2.05) is 0 Å². The summed E-state index contributed by atoms with van der Waals surface area (Å²) in [5.41, 5.74) is 1.11. The van der Waals surface area contributed by atoms with Crippen LogP contribution in [0.15, 0.2) is 47.4 Å². The summed E-state index contributed by atoms with van der Waals surface area (Å²) >= 11 is 1.72. The first-order chi connectivity index (χ1) is 12.0. The quantitative estimate of drug-likeness (QED) is 0.689. The van der Waals surface area contributed by atoms with Gasteiger partial charge in [0.25, 0.3) is 0 Å². The van der Waals surface area contributed by atoms with Crippen molar-refractivity contribution in [3.8, 4) is 0 Å². The lowest BCUT2D eigenvalue weighted by Gasteiger charge is -2.26. The van der Waals surface area contributed by atoms with Crippen molar-refractivity contribution in [3.05, 3.63) is 64.7 Å². The first-order valence-electron chi connectivity index (χ1n) is 7.90. The van der Waals surface area contributed by atoms with Crippen LogP contribution in [0.1, 0.15) is 31.8 Å². The van der Waals surface area contributed by atoms with Gasteiger partial charge in [-0.1, -0.05) is 24.3 Å². The van der Waals surface area contributed by atoms with Gasteiger partial charge in [-0.2, -0.15) is 16.1 Å². The maximum absolute atomic E-state index is 12.8. The predicted octanol–water partition coefficient (Wildman–Crippen LogP) is 2.20. The van der Waals surface area contributed by atoms with Gasteiger partial charge in [-0.15, -0.1) is 0 Å². The highest BCUT2D eigenvalue weighted by atomic mass is 32.2. The molecule has 1 aliphatic carbocycles. The summed E-state index contributed by atoms with van der Waals surface area (Å²) in [6, 6.07) is 10.9. The van der Waals surface area contributed by atoms with E-state index in [2.05, 4.69) is 0 Å². The Hall–Kier alpha value is -1.96. The SMILES string of the molecule is O=C1c2ccccc2C(=O)c2cc(S(=O)(=O)N3CCSCC3)ccc21. The number of carbonyl (C=O) groups excluding carboxylic acids is 2. The average molecular weight is 373 g/mol. The van der Waals surface area contributed by atoms with Crippen LogP contribution in [0.25, 0.3) is 0 Å². The van der Waals surface area contributed by atoms with Gasteiger partial charge in [0.15, 0.2) is 11.6 Å². The zero-order valence-corrected chi connectivity index (χ0v) is 14.9. The number of nitrogens with zero attached hydrogens (tertiary/aromatic N) is 1. The number of sulfonamides is 1. The molecule has 0 N–H and O–H groups in total. The lowest BCUT2D eigenvalue weighted by molar-refractivity contribution is 0.0979. The Morgan fingerprint density at radius 3 is 2.00 bits per heavy atom. The van der Waals surface area contributed by atoms with Gasteiger partial charge in [0.1, 0.15) is 0 Å². The number of hydrogen-bond donors (Lipinski definition) is 0. The molecular weight excluding hydrogens is 358 g/mol. The number of rotatable bonds is 2. The Morgan fingerprint density at radius 2 is 1.36 bits per heavy atom. The molecule has 2 aromatic carbocycles. The molecular formula is C18H15NO4S2. The van der Waals surface area contributed by atoms with Gasteiger partial charge in [-0.3, -0.25) is 9.59 Å². The summed E-state index contributed by atoms with van der Waals surface area (Å²) in [6.07, 6.45) is 0. The molecule has 5 nitrogen and oxygen atoms in total. The minimum atomic E-state index is -3.66. The summed E-state index contributed by atoms with van der Waals surface area (Å²) in [4.78, 5) is 25.4. The Balaban J connectivity index is 1.80. The Labute approximate surface area is 150 Å². The van der Waals surface area contributed by atoms with Crippen LogP contribution in [-0.2, 0) is 10.0 Å². The standard InChI is InChI=1S/C18H15NO4S2/c20-17-13-3-1-2-4-14(13)18(21)16-11-12(5-6-15(16)17)25(22,23)19-7-9-24-10-8-19/h1-6,11H,7-10H2. The van der Waals surface area contributed by atoms with E-state index in [-0.39, 0.29) is 27.6 Å². The van der Waals surface area contributed by atoms with E-state index in [0.717, 1.165) is 11.5 Å². The molecule has 1 heterocycles. The van der Waals surface area contributed by atoms with E-state index in [9.17, 15) is 18.0 Å². The second-order valence-electron chi connectivity index (χ2n) is 5.93. The maximum Gasteiger partial charge on any atom is 0.243 e. The van der Waals surface area contributed by atoms with Crippen LogP contribution in [0.4, 0.5) is 0 Å². The van der Waals surface area contributed by atoms with Crippen molar-refractivity contribution in [1.82, 2.24) is 4.31 Å². The van der Waals surface area contributed by atoms with Crippen LogP contribution in [0.5, 0.6) is 0 Å². The molecule has 1 saturated heterocycles. The fraction of sp³-hybridized carbons (Fsp3) is 0.222. The molecule has 0 unspecified atom stereocenters. The highest BCUT2D eigenvalue weighted by molar-refractivity contribution is 7.99. The Morgan fingerprint density at radius 1 is 0.800 bits per heavy atom. The summed E-state index contributed by atoms with van der Waals surface area (Å²) in [7, 11) is -3.66. The van der Waals surface area contributed by atoms with Crippen molar-refractivity contribution in [3.63, 3.8) is 0 Å². The molecule has 0 saturated carbocycles. The Kier molecular flexibility index (Phi) is 4.02. The molecule has 0 amide bonds. The number of fused-ring (bicyclic) bond motifs is 2. The number of carbonyl (C=O) groups is 2. The van der Waals surface area contributed by atoms with Crippen molar-refractivity contribution >= 4 is 33.4 Å². The highest BCUT2D eigenvalue weighted by Crippen LogP contribution is 2.30. The molecule has 1 fully saturated rings. The molecule has 2 aromatic rings. The van der Waals surface area contributed by atoms with Gasteiger partial charge < -0.3 is 0 Å². The van der Waals surface area contributed by atoms with Gasteiger partial charge in [0.2, 0.25) is 10.0 Å². The summed E-state index contributed by atoms with van der Waals surface area (Å²) in [5, 5.41) is 0. The first-order valence-corrected chi connectivity index (χ1v) is 10.5. The zero-order chi connectivity index (χ0) is 17.6. The van der Waals surface area contributed by atoms with Crippen LogP contribution in [0.2, 0.25) is 0 Å². The fourth-order valence-electron chi connectivity index (χ4n) is 3.17. The van der Waals surface area contributed by atoms with Crippen LogP contribution in [-0.4, -0.2) is 48.9 Å². The van der Waals surface area contributed by atoms with Gasteiger partial charge >= 0.3 is 0 Å². The minimum absolute atomic E-state index is 0.0682. The molecule has 0 atom stereocenters. The molecule has 0 aromatic heterocycles. The molecule has 25 heavy (non-hydrogen) atoms. The van der Waals surface area contributed by atoms with Crippen molar-refractivity contribution in [2.24, 2.45) is 0 Å². The van der Waals surface area contributed by atoms with E-state index in [0.29, 0.717) is 24.2 Å². The average Bonchev–Trinajstić information content (AvgIpc) is 2.66. The minimum Gasteiger partial charge on any atom is -0.289 e. The van der Waals surface area contributed by atoms with Crippen molar-refractivity contribution in [1.29, 1.82) is 0 Å². The first kappa shape index (κ1) is 16.5. The molecule has 0 radical (unpaired) electrons. The zero-order valence-electron chi connectivity index (χ0n) is 13.3. The van der Waals surface area contributed by atoms with Crippen molar-refractivity contribution in [2.75, 3.05) is 24.6 Å². The maximum atomic E-state index is 12.8. The van der Waals surface area contributed by atoms with E-state index in [1.165, 1.54) is 22.5 Å². The van der Waals surface area contributed by atoms with Crippen LogP contribution < -0.4 is 0 Å². The lowest BCUT2D eigenvalue weighted by atomic mass is 9.84. The summed E-state index contributed by atoms with van der Waals surface area (Å²) in [5.74, 6) is 0.962. The van der Waals surface area contributed by atoms with Gasteiger partial charge in [-0.25, -0.2) is 8.42 Å².